The Morgan fingerprint density at radius 3 is 2.17 bits per heavy atom. The summed E-state index contributed by atoms with van der Waals surface area (Å²) in [6.07, 6.45) is -4.76. The fourth-order valence-electron chi connectivity index (χ4n) is 0.775. The van der Waals surface area contributed by atoms with E-state index in [1.165, 1.54) is 13.8 Å². The summed E-state index contributed by atoms with van der Waals surface area (Å²) in [5.74, 6) is -3.16. The van der Waals surface area contributed by atoms with E-state index in [1.807, 2.05) is 0 Å². The first-order valence-electron chi connectivity index (χ1n) is 3.66. The van der Waals surface area contributed by atoms with Crippen molar-refractivity contribution in [2.75, 3.05) is 6.61 Å². The Morgan fingerprint density at radius 1 is 1.42 bits per heavy atom. The van der Waals surface area contributed by atoms with Gasteiger partial charge in [-0.3, -0.25) is 4.79 Å². The summed E-state index contributed by atoms with van der Waals surface area (Å²) in [4.78, 5) is 10.7. The normalized spacial score (nSPS) is 14.1. The van der Waals surface area contributed by atoms with Crippen molar-refractivity contribution in [3.05, 3.63) is 0 Å². The number of alkyl halides is 3. The van der Waals surface area contributed by atoms with Crippen LogP contribution in [0.1, 0.15) is 20.3 Å². The third-order valence-electron chi connectivity index (χ3n) is 1.37. The summed E-state index contributed by atoms with van der Waals surface area (Å²) in [6.45, 7) is 2.75. The molecule has 1 atom stereocenters. The molecule has 12 heavy (non-hydrogen) atoms. The molecule has 0 aromatic rings. The molecule has 0 aromatic heterocycles. The van der Waals surface area contributed by atoms with Gasteiger partial charge < -0.3 is 4.74 Å². The van der Waals surface area contributed by atoms with Crippen LogP contribution >= 0.6 is 0 Å². The highest BCUT2D eigenvalue weighted by Gasteiger charge is 2.44. The van der Waals surface area contributed by atoms with Crippen molar-refractivity contribution in [3.8, 4) is 0 Å². The van der Waals surface area contributed by atoms with Crippen molar-refractivity contribution in [2.24, 2.45) is 5.92 Å². The predicted molar refractivity (Wildman–Crippen MR) is 36.5 cm³/mol. The van der Waals surface area contributed by atoms with Crippen LogP contribution in [0.5, 0.6) is 0 Å². The highest BCUT2D eigenvalue weighted by Crippen LogP contribution is 2.29. The number of esters is 1. The maximum atomic E-state index is 12.0. The van der Waals surface area contributed by atoms with E-state index in [0.717, 1.165) is 0 Å². The second-order valence-electron chi connectivity index (χ2n) is 2.25. The van der Waals surface area contributed by atoms with Crippen LogP contribution in [0.2, 0.25) is 0 Å². The molecule has 0 saturated carbocycles. The number of hydrogen-bond acceptors (Lipinski definition) is 2. The molecule has 0 aliphatic rings. The highest BCUT2D eigenvalue weighted by molar-refractivity contribution is 5.73. The van der Waals surface area contributed by atoms with Gasteiger partial charge in [-0.05, 0) is 13.3 Å². The second-order valence-corrected chi connectivity index (χ2v) is 2.25. The van der Waals surface area contributed by atoms with Gasteiger partial charge in [-0.15, -0.1) is 0 Å². The molecule has 5 heteroatoms. The van der Waals surface area contributed by atoms with E-state index < -0.39 is 18.1 Å². The molecule has 0 radical (unpaired) electrons. The van der Waals surface area contributed by atoms with Crippen molar-refractivity contribution in [3.63, 3.8) is 0 Å². The molecule has 0 aliphatic heterocycles. The molecule has 0 saturated heterocycles. The molecule has 0 amide bonds. The van der Waals surface area contributed by atoms with Crippen LogP contribution in [-0.2, 0) is 9.53 Å². The van der Waals surface area contributed by atoms with E-state index in [1.54, 1.807) is 0 Å². The maximum Gasteiger partial charge on any atom is 0.402 e. The van der Waals surface area contributed by atoms with Crippen molar-refractivity contribution in [1.82, 2.24) is 0 Å². The molecule has 0 heterocycles. The first-order valence-corrected chi connectivity index (χ1v) is 3.66. The minimum Gasteiger partial charge on any atom is -0.466 e. The smallest absolute Gasteiger partial charge is 0.402 e. The topological polar surface area (TPSA) is 26.3 Å². The van der Waals surface area contributed by atoms with Crippen LogP contribution in [-0.4, -0.2) is 18.8 Å². The molecule has 0 bridgehead atoms. The summed E-state index contributed by atoms with van der Waals surface area (Å²) in [6, 6.07) is 0. The first-order chi connectivity index (χ1) is 5.43. The van der Waals surface area contributed by atoms with Crippen molar-refractivity contribution in [1.29, 1.82) is 0 Å². The number of ether oxygens (including phenoxy) is 1. The van der Waals surface area contributed by atoms with Crippen LogP contribution in [0.25, 0.3) is 0 Å². The number of hydrogen-bond donors (Lipinski definition) is 0. The SMILES string of the molecule is CCOC(=O)C(CC)C(F)(F)F. The zero-order valence-corrected chi connectivity index (χ0v) is 6.94. The molecule has 1 unspecified atom stereocenters. The van der Waals surface area contributed by atoms with E-state index >= 15 is 0 Å². The molecule has 0 spiro atoms. The largest absolute Gasteiger partial charge is 0.466 e. The van der Waals surface area contributed by atoms with E-state index in [9.17, 15) is 18.0 Å². The Bertz CT molecular complexity index is 153. The van der Waals surface area contributed by atoms with Gasteiger partial charge in [0, 0.05) is 0 Å². The van der Waals surface area contributed by atoms with E-state index in [-0.39, 0.29) is 13.0 Å². The third-order valence-corrected chi connectivity index (χ3v) is 1.37. The maximum absolute atomic E-state index is 12.0. The lowest BCUT2D eigenvalue weighted by atomic mass is 10.1. The van der Waals surface area contributed by atoms with Crippen LogP contribution < -0.4 is 0 Å². The predicted octanol–water partition coefficient (Wildman–Crippen LogP) is 2.14. The molecule has 0 aliphatic carbocycles. The van der Waals surface area contributed by atoms with Gasteiger partial charge in [0.25, 0.3) is 0 Å². The lowest BCUT2D eigenvalue weighted by molar-refractivity contribution is -0.197. The van der Waals surface area contributed by atoms with Gasteiger partial charge in [-0.2, -0.15) is 13.2 Å². The number of carbonyl (C=O) groups is 1. The molecule has 0 aromatic carbocycles. The fourth-order valence-corrected chi connectivity index (χ4v) is 0.775. The number of carbonyl (C=O) groups excluding carboxylic acids is 1. The third kappa shape index (κ3) is 3.11. The Balaban J connectivity index is 4.25. The van der Waals surface area contributed by atoms with Gasteiger partial charge in [-0.25, -0.2) is 0 Å². The zero-order valence-electron chi connectivity index (χ0n) is 6.94. The summed E-state index contributed by atoms with van der Waals surface area (Å²) in [5, 5.41) is 0. The van der Waals surface area contributed by atoms with E-state index in [4.69, 9.17) is 0 Å². The molecule has 0 rings (SSSR count). The van der Waals surface area contributed by atoms with Gasteiger partial charge in [0.1, 0.15) is 0 Å². The molecule has 2 nitrogen and oxygen atoms in total. The minimum atomic E-state index is -4.49. The van der Waals surface area contributed by atoms with Crippen molar-refractivity contribution in [2.45, 2.75) is 26.4 Å². The van der Waals surface area contributed by atoms with Gasteiger partial charge in [-0.1, -0.05) is 6.92 Å². The average molecular weight is 184 g/mol. The lowest BCUT2D eigenvalue weighted by Gasteiger charge is -2.16. The molecular formula is C7H11F3O2. The summed E-state index contributed by atoms with van der Waals surface area (Å²) in [7, 11) is 0. The first kappa shape index (κ1) is 11.3. The Morgan fingerprint density at radius 2 is 1.92 bits per heavy atom. The van der Waals surface area contributed by atoms with Crippen LogP contribution in [0.4, 0.5) is 13.2 Å². The number of rotatable bonds is 3. The molecule has 72 valence electrons. The highest BCUT2D eigenvalue weighted by atomic mass is 19.4. The quantitative estimate of drug-likeness (QED) is 0.628. The van der Waals surface area contributed by atoms with Crippen LogP contribution in [0.3, 0.4) is 0 Å². The standard InChI is InChI=1S/C7H11F3O2/c1-3-5(7(8,9)10)6(11)12-4-2/h5H,3-4H2,1-2H3. The van der Waals surface area contributed by atoms with Gasteiger partial charge in [0.05, 0.1) is 6.61 Å². The van der Waals surface area contributed by atoms with Gasteiger partial charge >= 0.3 is 12.1 Å². The Labute approximate surface area is 68.7 Å². The summed E-state index contributed by atoms with van der Waals surface area (Å²) in [5.41, 5.74) is 0. The van der Waals surface area contributed by atoms with Gasteiger partial charge in [0.2, 0.25) is 0 Å². The lowest BCUT2D eigenvalue weighted by Crippen LogP contribution is -2.31. The second kappa shape index (κ2) is 4.33. The molecule has 0 N–H and O–H groups in total. The van der Waals surface area contributed by atoms with Crippen molar-refractivity contribution < 1.29 is 22.7 Å². The fraction of sp³-hybridized carbons (Fsp3) is 0.857. The molecule has 0 fully saturated rings. The molecular weight excluding hydrogens is 173 g/mol. The Kier molecular flexibility index (Phi) is 4.06. The van der Waals surface area contributed by atoms with Crippen LogP contribution in [0, 0.1) is 5.92 Å². The minimum absolute atomic E-state index is 0.0224. The van der Waals surface area contributed by atoms with Crippen molar-refractivity contribution >= 4 is 5.97 Å². The van der Waals surface area contributed by atoms with E-state index in [0.29, 0.717) is 0 Å². The summed E-state index contributed by atoms with van der Waals surface area (Å²) < 4.78 is 40.2. The van der Waals surface area contributed by atoms with Gasteiger partial charge in [0.15, 0.2) is 5.92 Å². The summed E-state index contributed by atoms with van der Waals surface area (Å²) >= 11 is 0. The Hall–Kier alpha value is -0.740. The zero-order chi connectivity index (χ0) is 9.78. The average Bonchev–Trinajstić information content (AvgIpc) is 1.85. The van der Waals surface area contributed by atoms with Crippen LogP contribution in [0.15, 0.2) is 0 Å². The number of halogens is 3. The van der Waals surface area contributed by atoms with E-state index in [2.05, 4.69) is 4.74 Å². The monoisotopic (exact) mass is 184 g/mol.